The summed E-state index contributed by atoms with van der Waals surface area (Å²) in [5.41, 5.74) is 8.00. The van der Waals surface area contributed by atoms with Gasteiger partial charge in [0.15, 0.2) is 0 Å². The van der Waals surface area contributed by atoms with E-state index in [2.05, 4.69) is 10.6 Å². The van der Waals surface area contributed by atoms with Crippen molar-refractivity contribution in [1.29, 1.82) is 0 Å². The first-order chi connectivity index (χ1) is 17.4. The number of hydrogen-bond acceptors (Lipinski definition) is 6. The number of rotatable bonds is 11. The van der Waals surface area contributed by atoms with Crippen LogP contribution in [-0.2, 0) is 32.0 Å². The Morgan fingerprint density at radius 1 is 0.778 bits per heavy atom. The molecule has 36 heavy (non-hydrogen) atoms. The Hall–Kier alpha value is -4.30. The fourth-order valence-electron chi connectivity index (χ4n) is 3.48. The van der Waals surface area contributed by atoms with Gasteiger partial charge in [-0.25, -0.2) is 9.59 Å². The van der Waals surface area contributed by atoms with E-state index in [0.717, 1.165) is 11.1 Å². The van der Waals surface area contributed by atoms with E-state index in [1.807, 2.05) is 36.4 Å². The minimum Gasteiger partial charge on any atom is -0.388 e. The molecule has 0 aliphatic heterocycles. The molecule has 0 fully saturated rings. The molecule has 0 heterocycles. The minimum absolute atomic E-state index is 0.109. The van der Waals surface area contributed by atoms with Gasteiger partial charge in [0, 0.05) is 6.42 Å². The van der Waals surface area contributed by atoms with E-state index in [0.29, 0.717) is 12.8 Å². The average molecular weight is 488 g/mol. The molecule has 3 aromatic carbocycles. The SMILES string of the molecule is N[C@@H](CCc1ccccc1)C(=O)NCC(=O)N[C@@H](Cc1ccccc1)C(=O)OC(=O)c1ccccc1. The molecule has 3 rings (SSSR count). The number of benzene rings is 3. The molecular formula is C28H29N3O5. The quantitative estimate of drug-likeness (QED) is 0.281. The molecule has 2 atom stereocenters. The van der Waals surface area contributed by atoms with Crippen LogP contribution in [0.5, 0.6) is 0 Å². The zero-order valence-corrected chi connectivity index (χ0v) is 19.8. The van der Waals surface area contributed by atoms with Crippen molar-refractivity contribution >= 4 is 23.8 Å². The van der Waals surface area contributed by atoms with Gasteiger partial charge < -0.3 is 21.1 Å². The van der Waals surface area contributed by atoms with Crippen molar-refractivity contribution in [3.63, 3.8) is 0 Å². The van der Waals surface area contributed by atoms with Gasteiger partial charge in [0.25, 0.3) is 0 Å². The fourth-order valence-corrected chi connectivity index (χ4v) is 3.48. The molecule has 8 heteroatoms. The predicted molar refractivity (Wildman–Crippen MR) is 135 cm³/mol. The third-order valence-electron chi connectivity index (χ3n) is 5.45. The summed E-state index contributed by atoms with van der Waals surface area (Å²) >= 11 is 0. The third-order valence-corrected chi connectivity index (χ3v) is 5.45. The molecule has 0 spiro atoms. The van der Waals surface area contributed by atoms with E-state index in [4.69, 9.17) is 10.5 Å². The lowest BCUT2D eigenvalue weighted by Gasteiger charge is -2.18. The highest BCUT2D eigenvalue weighted by atomic mass is 16.6. The van der Waals surface area contributed by atoms with E-state index in [1.54, 1.807) is 42.5 Å². The Kier molecular flexibility index (Phi) is 9.90. The molecular weight excluding hydrogens is 458 g/mol. The zero-order chi connectivity index (χ0) is 25.8. The number of carbonyl (C=O) groups excluding carboxylic acids is 4. The van der Waals surface area contributed by atoms with Gasteiger partial charge in [-0.2, -0.15) is 0 Å². The van der Waals surface area contributed by atoms with Crippen LogP contribution in [0.4, 0.5) is 0 Å². The Bertz CT molecular complexity index is 1150. The van der Waals surface area contributed by atoms with E-state index >= 15 is 0 Å². The van der Waals surface area contributed by atoms with Gasteiger partial charge in [0.2, 0.25) is 11.8 Å². The lowest BCUT2D eigenvalue weighted by Crippen LogP contribution is -2.49. The molecule has 0 radical (unpaired) electrons. The van der Waals surface area contributed by atoms with Crippen LogP contribution in [-0.4, -0.2) is 42.4 Å². The summed E-state index contributed by atoms with van der Waals surface area (Å²) in [5.74, 6) is -2.79. The van der Waals surface area contributed by atoms with Crippen LogP contribution in [0.3, 0.4) is 0 Å². The molecule has 0 aromatic heterocycles. The Balaban J connectivity index is 1.55. The number of hydrogen-bond donors (Lipinski definition) is 3. The summed E-state index contributed by atoms with van der Waals surface area (Å²) in [7, 11) is 0. The van der Waals surface area contributed by atoms with Crippen molar-refractivity contribution in [3.05, 3.63) is 108 Å². The van der Waals surface area contributed by atoms with Crippen LogP contribution in [0.1, 0.15) is 27.9 Å². The Morgan fingerprint density at radius 3 is 1.94 bits per heavy atom. The Labute approximate surface area is 209 Å². The molecule has 0 aliphatic rings. The standard InChI is InChI=1S/C28H29N3O5/c29-23(17-16-20-10-4-1-5-11-20)26(33)30-19-25(32)31-24(18-21-12-6-2-7-13-21)28(35)36-27(34)22-14-8-3-9-15-22/h1-15,23-24H,16-19,29H2,(H,30,33)(H,31,32)/t23-,24-/m0/s1. The number of nitrogens with one attached hydrogen (secondary N) is 2. The lowest BCUT2D eigenvalue weighted by atomic mass is 10.1. The van der Waals surface area contributed by atoms with Gasteiger partial charge in [-0.3, -0.25) is 9.59 Å². The van der Waals surface area contributed by atoms with Crippen LogP contribution in [0.2, 0.25) is 0 Å². The van der Waals surface area contributed by atoms with E-state index in [1.165, 1.54) is 12.1 Å². The maximum absolute atomic E-state index is 12.8. The fraction of sp³-hybridized carbons (Fsp3) is 0.214. The number of aryl methyl sites for hydroxylation is 1. The summed E-state index contributed by atoms with van der Waals surface area (Å²) in [6.45, 7) is -0.372. The monoisotopic (exact) mass is 487 g/mol. The molecule has 4 N–H and O–H groups in total. The summed E-state index contributed by atoms with van der Waals surface area (Å²) < 4.78 is 5.01. The summed E-state index contributed by atoms with van der Waals surface area (Å²) in [4.78, 5) is 50.0. The Morgan fingerprint density at radius 2 is 1.33 bits per heavy atom. The molecule has 0 saturated heterocycles. The van der Waals surface area contributed by atoms with Crippen LogP contribution in [0.15, 0.2) is 91.0 Å². The average Bonchev–Trinajstić information content (AvgIpc) is 2.91. The molecule has 0 saturated carbocycles. The zero-order valence-electron chi connectivity index (χ0n) is 19.8. The van der Waals surface area contributed by atoms with Crippen molar-refractivity contribution in [1.82, 2.24) is 10.6 Å². The van der Waals surface area contributed by atoms with Gasteiger partial charge in [0.05, 0.1) is 18.2 Å². The number of amides is 2. The topological polar surface area (TPSA) is 128 Å². The lowest BCUT2D eigenvalue weighted by molar-refractivity contribution is -0.142. The highest BCUT2D eigenvalue weighted by Crippen LogP contribution is 2.08. The first kappa shape index (κ1) is 26.3. The van der Waals surface area contributed by atoms with E-state index in [-0.39, 0.29) is 18.5 Å². The van der Waals surface area contributed by atoms with Crippen molar-refractivity contribution in [2.45, 2.75) is 31.3 Å². The number of esters is 2. The molecule has 186 valence electrons. The van der Waals surface area contributed by atoms with Crippen LogP contribution in [0.25, 0.3) is 0 Å². The molecule has 3 aromatic rings. The first-order valence-corrected chi connectivity index (χ1v) is 11.6. The molecule has 8 nitrogen and oxygen atoms in total. The van der Waals surface area contributed by atoms with Gasteiger partial charge >= 0.3 is 11.9 Å². The highest BCUT2D eigenvalue weighted by molar-refractivity contribution is 5.99. The normalized spacial score (nSPS) is 12.1. The molecule has 2 amide bonds. The van der Waals surface area contributed by atoms with Crippen molar-refractivity contribution in [2.24, 2.45) is 5.73 Å². The van der Waals surface area contributed by atoms with Crippen molar-refractivity contribution in [3.8, 4) is 0 Å². The van der Waals surface area contributed by atoms with Gasteiger partial charge in [0.1, 0.15) is 6.04 Å². The highest BCUT2D eigenvalue weighted by Gasteiger charge is 2.26. The largest absolute Gasteiger partial charge is 0.388 e. The number of carbonyl (C=O) groups is 4. The summed E-state index contributed by atoms with van der Waals surface area (Å²) in [6.07, 6.45) is 1.15. The van der Waals surface area contributed by atoms with Crippen molar-refractivity contribution < 1.29 is 23.9 Å². The number of nitrogens with two attached hydrogens (primary N) is 1. The van der Waals surface area contributed by atoms with Gasteiger partial charge in [-0.1, -0.05) is 78.9 Å². The predicted octanol–water partition coefficient (Wildman–Crippen LogP) is 2.17. The summed E-state index contributed by atoms with van der Waals surface area (Å²) in [5, 5.41) is 5.05. The number of ether oxygens (including phenoxy) is 1. The second-order valence-corrected chi connectivity index (χ2v) is 8.23. The molecule has 0 unspecified atom stereocenters. The maximum atomic E-state index is 12.8. The van der Waals surface area contributed by atoms with Crippen molar-refractivity contribution in [2.75, 3.05) is 6.54 Å². The minimum atomic E-state index is -1.13. The second kappa shape index (κ2) is 13.6. The van der Waals surface area contributed by atoms with Gasteiger partial charge in [-0.05, 0) is 36.1 Å². The van der Waals surface area contributed by atoms with Crippen LogP contribution < -0.4 is 16.4 Å². The summed E-state index contributed by atoms with van der Waals surface area (Å²) in [6, 6.07) is 24.8. The maximum Gasteiger partial charge on any atom is 0.345 e. The second-order valence-electron chi connectivity index (χ2n) is 8.23. The van der Waals surface area contributed by atoms with E-state index in [9.17, 15) is 19.2 Å². The first-order valence-electron chi connectivity index (χ1n) is 11.6. The van der Waals surface area contributed by atoms with E-state index < -0.39 is 35.8 Å². The van der Waals surface area contributed by atoms with Gasteiger partial charge in [-0.15, -0.1) is 0 Å². The smallest absolute Gasteiger partial charge is 0.345 e. The van der Waals surface area contributed by atoms with Crippen LogP contribution in [0, 0.1) is 0 Å². The molecule has 0 bridgehead atoms. The van der Waals surface area contributed by atoms with Crippen LogP contribution >= 0.6 is 0 Å². The molecule has 0 aliphatic carbocycles. The third kappa shape index (κ3) is 8.48.